The molecule has 0 radical (unpaired) electrons. The zero-order chi connectivity index (χ0) is 27.8. The molecule has 1 saturated carbocycles. The highest BCUT2D eigenvalue weighted by Gasteiger charge is 2.53. The van der Waals surface area contributed by atoms with E-state index in [1.807, 2.05) is 24.0 Å². The summed E-state index contributed by atoms with van der Waals surface area (Å²) in [6, 6.07) is 3.58. The molecule has 0 aromatic carbocycles. The number of halogens is 1. The van der Waals surface area contributed by atoms with Crippen molar-refractivity contribution in [3.05, 3.63) is 60.0 Å². The van der Waals surface area contributed by atoms with Gasteiger partial charge >= 0.3 is 11.6 Å². The van der Waals surface area contributed by atoms with E-state index >= 15 is 0 Å². The van der Waals surface area contributed by atoms with Crippen LogP contribution in [0.1, 0.15) is 76.7 Å². The molecule has 3 heterocycles. The number of imidazole rings is 1. The minimum atomic E-state index is -0.281. The van der Waals surface area contributed by atoms with Crippen LogP contribution in [-0.4, -0.2) is 32.1 Å². The van der Waals surface area contributed by atoms with Crippen LogP contribution in [-0.2, 0) is 18.3 Å². The predicted octanol–water partition coefficient (Wildman–Crippen LogP) is 2.53. The lowest BCUT2D eigenvalue weighted by Gasteiger charge is -2.58. The number of hydrogen-bond donors (Lipinski definition) is 2. The van der Waals surface area contributed by atoms with E-state index in [2.05, 4.69) is 59.4 Å². The number of nitrogens with one attached hydrogen (secondary N) is 1. The van der Waals surface area contributed by atoms with Gasteiger partial charge < -0.3 is 27.9 Å². The molecule has 3 N–H and O–H groups in total. The fourth-order valence-corrected chi connectivity index (χ4v) is 7.30. The second kappa shape index (κ2) is 11.8. The number of rotatable bonds is 8. The highest BCUT2D eigenvalue weighted by atomic mass is 35.5. The predicted molar refractivity (Wildman–Crippen MR) is 153 cm³/mol. The molecule has 2 aliphatic carbocycles. The summed E-state index contributed by atoms with van der Waals surface area (Å²) >= 11 is 0. The summed E-state index contributed by atoms with van der Waals surface area (Å²) < 4.78 is 9.90. The van der Waals surface area contributed by atoms with Crippen LogP contribution in [0.4, 0.5) is 5.82 Å². The number of nitrogens with zero attached hydrogens (tertiary/aromatic N) is 4. The summed E-state index contributed by atoms with van der Waals surface area (Å²) in [5.41, 5.74) is 11.4. The van der Waals surface area contributed by atoms with Crippen molar-refractivity contribution in [2.45, 2.75) is 72.8 Å². The van der Waals surface area contributed by atoms with E-state index in [0.717, 1.165) is 43.4 Å². The normalized spacial score (nSPS) is 26.6. The Hall–Kier alpha value is -3.13. The quantitative estimate of drug-likeness (QED) is 0.248. The second-order valence-corrected chi connectivity index (χ2v) is 12.2. The standard InChI is InChI=1S/C31H42N6O2.ClH/c1-21(13-17-37-20-36(5)28-26(37)27(32)34-19-35-28)11-14-30(3)22(2)12-15-31(4)23(8-6-10-25(30)31)18-39-29(38)24-9-7-16-33-24;/h7-9,13,16,19-20,22,25H,6,10-12,14-15,17-18H2,1-5H3,(H2-,32,33,34,35,38);1H/b21-13+;/t22-,25-,30+,31-;/m0./s1. The lowest BCUT2D eigenvalue weighted by molar-refractivity contribution is -0.647. The third-order valence-corrected chi connectivity index (χ3v) is 10.0. The van der Waals surface area contributed by atoms with Gasteiger partial charge in [0.05, 0.1) is 13.6 Å². The van der Waals surface area contributed by atoms with Crippen molar-refractivity contribution in [3.63, 3.8) is 0 Å². The molecule has 4 atom stereocenters. The van der Waals surface area contributed by atoms with E-state index in [1.54, 1.807) is 12.3 Å². The van der Waals surface area contributed by atoms with Crippen molar-refractivity contribution in [2.75, 3.05) is 12.3 Å². The molecule has 3 aromatic heterocycles. The smallest absolute Gasteiger partial charge is 0.355 e. The van der Waals surface area contributed by atoms with Gasteiger partial charge in [-0.2, -0.15) is 4.98 Å². The number of carbonyl (C=O) groups excluding carboxylic acids is 1. The van der Waals surface area contributed by atoms with Crippen molar-refractivity contribution >= 4 is 23.0 Å². The van der Waals surface area contributed by atoms with Gasteiger partial charge in [0.2, 0.25) is 5.52 Å². The van der Waals surface area contributed by atoms with E-state index in [4.69, 9.17) is 10.5 Å². The Morgan fingerprint density at radius 1 is 1.32 bits per heavy atom. The number of esters is 1. The van der Waals surface area contributed by atoms with Crippen LogP contribution < -0.4 is 22.7 Å². The molecule has 0 spiro atoms. The molecule has 1 fully saturated rings. The van der Waals surface area contributed by atoms with Crippen LogP contribution in [0.25, 0.3) is 11.2 Å². The molecule has 9 heteroatoms. The Kier molecular flexibility index (Phi) is 8.78. The van der Waals surface area contributed by atoms with Crippen molar-refractivity contribution in [2.24, 2.45) is 29.7 Å². The van der Waals surface area contributed by atoms with Gasteiger partial charge in [0.1, 0.15) is 12.3 Å². The summed E-state index contributed by atoms with van der Waals surface area (Å²) in [5.74, 6) is 1.44. The first-order valence-corrected chi connectivity index (χ1v) is 14.2. The number of hydrogen-bond acceptors (Lipinski definition) is 5. The second-order valence-electron chi connectivity index (χ2n) is 12.2. The summed E-state index contributed by atoms with van der Waals surface area (Å²) in [6.07, 6.45) is 16.8. The number of fused-ring (bicyclic) bond motifs is 2. The third kappa shape index (κ3) is 5.42. The van der Waals surface area contributed by atoms with Crippen molar-refractivity contribution in [1.82, 2.24) is 19.5 Å². The van der Waals surface area contributed by atoms with Crippen molar-refractivity contribution < 1.29 is 26.5 Å². The van der Waals surface area contributed by atoms with Gasteiger partial charge in [0.15, 0.2) is 18.5 Å². The maximum Gasteiger partial charge on any atom is 0.355 e. The van der Waals surface area contributed by atoms with Gasteiger partial charge in [-0.3, -0.25) is 4.57 Å². The Bertz CT molecular complexity index is 1410. The number of aromatic amines is 1. The molecule has 5 rings (SSSR count). The first-order chi connectivity index (χ1) is 18.6. The zero-order valence-electron chi connectivity index (χ0n) is 24.4. The third-order valence-electron chi connectivity index (χ3n) is 10.0. The average Bonchev–Trinajstić information content (AvgIpc) is 3.57. The number of aromatic nitrogens is 5. The molecule has 2 aliphatic rings. The maximum atomic E-state index is 12.5. The van der Waals surface area contributed by atoms with E-state index in [9.17, 15) is 4.79 Å². The lowest BCUT2D eigenvalue weighted by atomic mass is 9.47. The van der Waals surface area contributed by atoms with Crippen LogP contribution in [0.15, 0.2) is 54.3 Å². The van der Waals surface area contributed by atoms with E-state index in [-0.39, 0.29) is 29.2 Å². The van der Waals surface area contributed by atoms with E-state index in [0.29, 0.717) is 30.0 Å². The first kappa shape index (κ1) is 29.8. The summed E-state index contributed by atoms with van der Waals surface area (Å²) in [5, 5.41) is 0. The number of allylic oxidation sites excluding steroid dienone is 3. The fraction of sp³-hybridized carbons (Fsp3) is 0.548. The SMILES string of the molecule is C/C(=C\Cn1c[n+](C)c2ncnc(N)c21)CC[C@]1(C)[C@@H](C)CC[C@@]2(C)C(COC(=O)c3ccc[nH]3)=CCC[C@@H]12.[Cl-]. The van der Waals surface area contributed by atoms with Crippen LogP contribution in [0.2, 0.25) is 0 Å². The molecule has 40 heavy (non-hydrogen) atoms. The topological polar surface area (TPSA) is 103 Å². The monoisotopic (exact) mass is 566 g/mol. The van der Waals surface area contributed by atoms with Crippen LogP contribution in [0.5, 0.6) is 0 Å². The number of nitrogens with two attached hydrogens (primary N) is 1. The number of anilines is 1. The molecule has 0 amide bonds. The minimum absolute atomic E-state index is 0. The molecular weight excluding hydrogens is 524 g/mol. The van der Waals surface area contributed by atoms with Gasteiger partial charge in [0.25, 0.3) is 0 Å². The average molecular weight is 567 g/mol. The van der Waals surface area contributed by atoms with E-state index in [1.165, 1.54) is 30.3 Å². The molecule has 0 unspecified atom stereocenters. The van der Waals surface area contributed by atoms with Crippen LogP contribution in [0, 0.1) is 22.7 Å². The number of ether oxygens (including phenoxy) is 1. The molecule has 0 aliphatic heterocycles. The summed E-state index contributed by atoms with van der Waals surface area (Å²) in [6.45, 7) is 10.7. The van der Waals surface area contributed by atoms with Crippen molar-refractivity contribution in [1.29, 1.82) is 0 Å². The van der Waals surface area contributed by atoms with Gasteiger partial charge in [-0.1, -0.05) is 43.5 Å². The number of nitrogen functional groups attached to an aromatic ring is 1. The number of aryl methyl sites for hydroxylation is 1. The highest BCUT2D eigenvalue weighted by Crippen LogP contribution is 2.62. The van der Waals surface area contributed by atoms with Crippen molar-refractivity contribution in [3.8, 4) is 0 Å². The molecular formula is C31H43ClN6O2. The van der Waals surface area contributed by atoms with Gasteiger partial charge in [-0.15, -0.1) is 0 Å². The Morgan fingerprint density at radius 2 is 2.12 bits per heavy atom. The Morgan fingerprint density at radius 3 is 2.88 bits per heavy atom. The number of carbonyl (C=O) groups is 1. The Labute approximate surface area is 243 Å². The maximum absolute atomic E-state index is 12.5. The fourth-order valence-electron chi connectivity index (χ4n) is 7.30. The molecule has 3 aromatic rings. The van der Waals surface area contributed by atoms with Gasteiger partial charge in [0, 0.05) is 6.20 Å². The van der Waals surface area contributed by atoms with E-state index < -0.39 is 0 Å². The first-order valence-electron chi connectivity index (χ1n) is 14.2. The number of H-pyrrole nitrogens is 1. The molecule has 8 nitrogen and oxygen atoms in total. The molecule has 0 bridgehead atoms. The summed E-state index contributed by atoms with van der Waals surface area (Å²) in [7, 11) is 1.98. The van der Waals surface area contributed by atoms with Gasteiger partial charge in [-0.25, -0.2) is 9.36 Å². The van der Waals surface area contributed by atoms with Crippen LogP contribution in [0.3, 0.4) is 0 Å². The highest BCUT2D eigenvalue weighted by molar-refractivity contribution is 5.87. The molecule has 216 valence electrons. The largest absolute Gasteiger partial charge is 1.00 e. The lowest BCUT2D eigenvalue weighted by Crippen LogP contribution is -3.00. The van der Waals surface area contributed by atoms with Gasteiger partial charge in [-0.05, 0) is 85.8 Å². The Balaban J connectivity index is 0.00000370. The zero-order valence-corrected chi connectivity index (χ0v) is 25.2. The summed E-state index contributed by atoms with van der Waals surface area (Å²) in [4.78, 5) is 24.1. The molecule has 0 saturated heterocycles. The van der Waals surface area contributed by atoms with Crippen LogP contribution >= 0.6 is 0 Å². The minimum Gasteiger partial charge on any atom is -1.00 e.